The Morgan fingerprint density at radius 3 is 2.71 bits per heavy atom. The third kappa shape index (κ3) is 2.75. The van der Waals surface area contributed by atoms with Crippen molar-refractivity contribution in [3.05, 3.63) is 53.9 Å². The van der Waals surface area contributed by atoms with Gasteiger partial charge in [-0.3, -0.25) is 4.98 Å². The number of nitrogens with two attached hydrogens (primary N) is 1. The molecule has 0 amide bonds. The van der Waals surface area contributed by atoms with Crippen LogP contribution in [-0.2, 0) is 6.54 Å². The summed E-state index contributed by atoms with van der Waals surface area (Å²) in [6, 6.07) is 12.0. The zero-order chi connectivity index (χ0) is 12.3. The molecular formula is C14H17N3. The molecular weight excluding hydrogens is 210 g/mol. The van der Waals surface area contributed by atoms with Gasteiger partial charge in [0.05, 0.1) is 0 Å². The van der Waals surface area contributed by atoms with Gasteiger partial charge in [0.25, 0.3) is 0 Å². The van der Waals surface area contributed by atoms with Crippen molar-refractivity contribution < 1.29 is 0 Å². The Morgan fingerprint density at radius 2 is 2.00 bits per heavy atom. The molecule has 0 unspecified atom stereocenters. The van der Waals surface area contributed by atoms with Crippen molar-refractivity contribution in [1.29, 1.82) is 0 Å². The van der Waals surface area contributed by atoms with E-state index < -0.39 is 0 Å². The second kappa shape index (κ2) is 4.87. The van der Waals surface area contributed by atoms with Crippen LogP contribution in [0.25, 0.3) is 0 Å². The van der Waals surface area contributed by atoms with E-state index in [2.05, 4.69) is 29.1 Å². The minimum Gasteiger partial charge on any atom is -0.398 e. The van der Waals surface area contributed by atoms with Crippen molar-refractivity contribution >= 4 is 11.4 Å². The summed E-state index contributed by atoms with van der Waals surface area (Å²) in [5.41, 5.74) is 10.1. The Morgan fingerprint density at radius 1 is 1.24 bits per heavy atom. The lowest BCUT2D eigenvalue weighted by Crippen LogP contribution is -2.17. The first-order valence-electron chi connectivity index (χ1n) is 5.64. The van der Waals surface area contributed by atoms with Gasteiger partial charge in [-0.25, -0.2) is 0 Å². The van der Waals surface area contributed by atoms with Crippen LogP contribution in [0.15, 0.2) is 42.6 Å². The molecule has 0 bridgehead atoms. The molecule has 1 heterocycles. The van der Waals surface area contributed by atoms with Crippen molar-refractivity contribution in [2.75, 3.05) is 17.7 Å². The standard InChI is InChI=1S/C14H17N3/c1-11-9-13(7-8-16-11)17(2)10-12-5-3-4-6-14(12)15/h3-9H,10,15H2,1-2H3. The quantitative estimate of drug-likeness (QED) is 0.819. The van der Waals surface area contributed by atoms with E-state index in [1.807, 2.05) is 37.4 Å². The lowest BCUT2D eigenvalue weighted by molar-refractivity contribution is 0.920. The summed E-state index contributed by atoms with van der Waals surface area (Å²) >= 11 is 0. The number of rotatable bonds is 3. The Balaban J connectivity index is 2.17. The topological polar surface area (TPSA) is 42.1 Å². The van der Waals surface area contributed by atoms with Gasteiger partial charge >= 0.3 is 0 Å². The molecule has 0 aliphatic heterocycles. The van der Waals surface area contributed by atoms with Gasteiger partial charge < -0.3 is 10.6 Å². The molecule has 0 saturated heterocycles. The molecule has 17 heavy (non-hydrogen) atoms. The zero-order valence-electron chi connectivity index (χ0n) is 10.2. The number of anilines is 2. The van der Waals surface area contributed by atoms with Crippen LogP contribution >= 0.6 is 0 Å². The number of pyridine rings is 1. The SMILES string of the molecule is Cc1cc(N(C)Cc2ccccc2N)ccn1. The smallest absolute Gasteiger partial charge is 0.0446 e. The van der Waals surface area contributed by atoms with Crippen molar-refractivity contribution in [1.82, 2.24) is 4.98 Å². The van der Waals surface area contributed by atoms with Crippen LogP contribution in [0.5, 0.6) is 0 Å². The van der Waals surface area contributed by atoms with Crippen LogP contribution in [0.2, 0.25) is 0 Å². The van der Waals surface area contributed by atoms with Gasteiger partial charge in [0.2, 0.25) is 0 Å². The first kappa shape index (κ1) is 11.5. The minimum atomic E-state index is 0.802. The number of aromatic nitrogens is 1. The first-order valence-corrected chi connectivity index (χ1v) is 5.64. The number of hydrogen-bond donors (Lipinski definition) is 1. The fraction of sp³-hybridized carbons (Fsp3) is 0.214. The molecule has 3 heteroatoms. The van der Waals surface area contributed by atoms with E-state index in [1.54, 1.807) is 0 Å². The molecule has 2 aromatic rings. The Kier molecular flexibility index (Phi) is 3.28. The summed E-state index contributed by atoms with van der Waals surface area (Å²) in [6.45, 7) is 2.80. The van der Waals surface area contributed by atoms with Crippen LogP contribution in [0.1, 0.15) is 11.3 Å². The first-order chi connectivity index (χ1) is 8.16. The average Bonchev–Trinajstić information content (AvgIpc) is 2.32. The number of nitrogens with zero attached hydrogens (tertiary/aromatic N) is 2. The molecule has 0 atom stereocenters. The highest BCUT2D eigenvalue weighted by atomic mass is 15.1. The number of benzene rings is 1. The highest BCUT2D eigenvalue weighted by Crippen LogP contribution is 2.18. The maximum absolute atomic E-state index is 5.94. The summed E-state index contributed by atoms with van der Waals surface area (Å²) in [7, 11) is 2.06. The lowest BCUT2D eigenvalue weighted by atomic mass is 10.1. The van der Waals surface area contributed by atoms with E-state index in [4.69, 9.17) is 5.73 Å². The van der Waals surface area contributed by atoms with E-state index in [1.165, 1.54) is 0 Å². The molecule has 0 radical (unpaired) electrons. The summed E-state index contributed by atoms with van der Waals surface area (Å²) in [5.74, 6) is 0. The van der Waals surface area contributed by atoms with E-state index in [0.29, 0.717) is 0 Å². The van der Waals surface area contributed by atoms with E-state index in [0.717, 1.165) is 29.2 Å². The fourth-order valence-electron chi connectivity index (χ4n) is 1.79. The van der Waals surface area contributed by atoms with Gasteiger partial charge in [0, 0.05) is 36.9 Å². The minimum absolute atomic E-state index is 0.802. The molecule has 2 N–H and O–H groups in total. The highest BCUT2D eigenvalue weighted by Gasteiger charge is 2.04. The van der Waals surface area contributed by atoms with Gasteiger partial charge in [0.1, 0.15) is 0 Å². The second-order valence-electron chi connectivity index (χ2n) is 4.21. The maximum atomic E-state index is 5.94. The fourth-order valence-corrected chi connectivity index (χ4v) is 1.79. The largest absolute Gasteiger partial charge is 0.398 e. The molecule has 3 nitrogen and oxygen atoms in total. The summed E-state index contributed by atoms with van der Waals surface area (Å²) in [5, 5.41) is 0. The third-order valence-electron chi connectivity index (χ3n) is 2.78. The molecule has 0 saturated carbocycles. The van der Waals surface area contributed by atoms with Crippen LogP contribution in [-0.4, -0.2) is 12.0 Å². The van der Waals surface area contributed by atoms with Crippen molar-refractivity contribution in [2.45, 2.75) is 13.5 Å². The maximum Gasteiger partial charge on any atom is 0.0446 e. The van der Waals surface area contributed by atoms with Gasteiger partial charge in [-0.2, -0.15) is 0 Å². The van der Waals surface area contributed by atoms with E-state index in [-0.39, 0.29) is 0 Å². The molecule has 1 aromatic carbocycles. The molecule has 0 spiro atoms. The van der Waals surface area contributed by atoms with Gasteiger partial charge in [-0.15, -0.1) is 0 Å². The van der Waals surface area contributed by atoms with Gasteiger partial charge in [-0.05, 0) is 30.7 Å². The normalized spacial score (nSPS) is 10.2. The van der Waals surface area contributed by atoms with Crippen LogP contribution in [0.3, 0.4) is 0 Å². The zero-order valence-corrected chi connectivity index (χ0v) is 10.2. The lowest BCUT2D eigenvalue weighted by Gasteiger charge is -2.20. The number of para-hydroxylation sites is 1. The molecule has 0 aliphatic carbocycles. The number of nitrogen functional groups attached to an aromatic ring is 1. The average molecular weight is 227 g/mol. The Labute approximate surface area is 102 Å². The second-order valence-corrected chi connectivity index (χ2v) is 4.21. The van der Waals surface area contributed by atoms with Gasteiger partial charge in [0.15, 0.2) is 0 Å². The van der Waals surface area contributed by atoms with E-state index in [9.17, 15) is 0 Å². The van der Waals surface area contributed by atoms with Crippen LogP contribution < -0.4 is 10.6 Å². The van der Waals surface area contributed by atoms with Crippen molar-refractivity contribution in [3.63, 3.8) is 0 Å². The third-order valence-corrected chi connectivity index (χ3v) is 2.78. The molecule has 1 aromatic heterocycles. The number of hydrogen-bond acceptors (Lipinski definition) is 3. The van der Waals surface area contributed by atoms with Crippen LogP contribution in [0, 0.1) is 6.92 Å². The summed E-state index contributed by atoms with van der Waals surface area (Å²) in [6.07, 6.45) is 1.83. The monoisotopic (exact) mass is 227 g/mol. The summed E-state index contributed by atoms with van der Waals surface area (Å²) < 4.78 is 0. The highest BCUT2D eigenvalue weighted by molar-refractivity contribution is 5.51. The van der Waals surface area contributed by atoms with Gasteiger partial charge in [-0.1, -0.05) is 18.2 Å². The Bertz CT molecular complexity index is 508. The molecule has 0 fully saturated rings. The number of aryl methyl sites for hydroxylation is 1. The molecule has 0 aliphatic rings. The summed E-state index contributed by atoms with van der Waals surface area (Å²) in [4.78, 5) is 6.36. The van der Waals surface area contributed by atoms with Crippen molar-refractivity contribution in [2.24, 2.45) is 0 Å². The van der Waals surface area contributed by atoms with Crippen LogP contribution in [0.4, 0.5) is 11.4 Å². The predicted molar refractivity (Wildman–Crippen MR) is 71.9 cm³/mol. The molecule has 88 valence electrons. The van der Waals surface area contributed by atoms with E-state index >= 15 is 0 Å². The Hall–Kier alpha value is -2.03. The predicted octanol–water partition coefficient (Wildman–Crippen LogP) is 2.61. The molecule has 2 rings (SSSR count). The van der Waals surface area contributed by atoms with Crippen molar-refractivity contribution in [3.8, 4) is 0 Å².